The van der Waals surface area contributed by atoms with Gasteiger partial charge in [-0.3, -0.25) is 0 Å². The third-order valence-electron chi connectivity index (χ3n) is 2.52. The van der Waals surface area contributed by atoms with E-state index >= 15 is 0 Å². The molecule has 0 bridgehead atoms. The van der Waals surface area contributed by atoms with Crippen molar-refractivity contribution in [3.8, 4) is 0 Å². The maximum Gasteiger partial charge on any atom is 0.175 e. The Morgan fingerprint density at radius 3 is 2.26 bits per heavy atom. The van der Waals surface area contributed by atoms with Gasteiger partial charge in [-0.15, -0.1) is 0 Å². The number of benzene rings is 2. The van der Waals surface area contributed by atoms with E-state index in [2.05, 4.69) is 26.6 Å². The van der Waals surface area contributed by atoms with Crippen LogP contribution in [0.2, 0.25) is 0 Å². The zero-order valence-electron chi connectivity index (χ0n) is 10.2. The first kappa shape index (κ1) is 14.0. The molecular formula is C14H12BrFN2S. The van der Waals surface area contributed by atoms with Crippen LogP contribution in [0.25, 0.3) is 0 Å². The average molecular weight is 339 g/mol. The summed E-state index contributed by atoms with van der Waals surface area (Å²) in [6, 6.07) is 12.4. The molecule has 0 unspecified atom stereocenters. The predicted molar refractivity (Wildman–Crippen MR) is 85.1 cm³/mol. The lowest BCUT2D eigenvalue weighted by Crippen LogP contribution is -2.19. The Balaban J connectivity index is 2.01. The van der Waals surface area contributed by atoms with Crippen LogP contribution >= 0.6 is 28.1 Å². The number of rotatable bonds is 2. The highest BCUT2D eigenvalue weighted by Gasteiger charge is 2.02. The molecule has 0 saturated carbocycles. The fourth-order valence-electron chi connectivity index (χ4n) is 1.55. The SMILES string of the molecule is Cc1cc(NC(=S)Nc2ccc(Br)cc2)ccc1F. The van der Waals surface area contributed by atoms with E-state index in [9.17, 15) is 4.39 Å². The normalized spacial score (nSPS) is 10.1. The molecule has 0 heterocycles. The molecule has 0 radical (unpaired) electrons. The van der Waals surface area contributed by atoms with Crippen LogP contribution < -0.4 is 10.6 Å². The van der Waals surface area contributed by atoms with Crippen molar-refractivity contribution in [2.24, 2.45) is 0 Å². The van der Waals surface area contributed by atoms with Crippen molar-refractivity contribution in [1.29, 1.82) is 0 Å². The number of nitrogens with one attached hydrogen (secondary N) is 2. The van der Waals surface area contributed by atoms with E-state index in [1.54, 1.807) is 19.1 Å². The molecule has 0 aromatic heterocycles. The highest BCUT2D eigenvalue weighted by atomic mass is 79.9. The summed E-state index contributed by atoms with van der Waals surface area (Å²) in [5.41, 5.74) is 2.23. The van der Waals surface area contributed by atoms with Crippen LogP contribution in [-0.2, 0) is 0 Å². The van der Waals surface area contributed by atoms with E-state index in [0.29, 0.717) is 10.7 Å². The second-order valence-electron chi connectivity index (χ2n) is 4.05. The van der Waals surface area contributed by atoms with Crippen LogP contribution in [0.5, 0.6) is 0 Å². The summed E-state index contributed by atoms with van der Waals surface area (Å²) in [6.45, 7) is 1.71. The third-order valence-corrected chi connectivity index (χ3v) is 3.25. The molecule has 0 fully saturated rings. The van der Waals surface area contributed by atoms with Gasteiger partial charge >= 0.3 is 0 Å². The van der Waals surface area contributed by atoms with E-state index in [4.69, 9.17) is 12.2 Å². The lowest BCUT2D eigenvalue weighted by molar-refractivity contribution is 0.619. The van der Waals surface area contributed by atoms with Crippen molar-refractivity contribution in [1.82, 2.24) is 0 Å². The van der Waals surface area contributed by atoms with Gasteiger partial charge in [0, 0.05) is 15.8 Å². The molecule has 2 aromatic rings. The molecular weight excluding hydrogens is 327 g/mol. The van der Waals surface area contributed by atoms with Gasteiger partial charge in [0.05, 0.1) is 0 Å². The average Bonchev–Trinajstić information content (AvgIpc) is 2.37. The number of thiocarbonyl (C=S) groups is 1. The van der Waals surface area contributed by atoms with Gasteiger partial charge in [0.2, 0.25) is 0 Å². The number of aryl methyl sites for hydroxylation is 1. The van der Waals surface area contributed by atoms with E-state index in [1.165, 1.54) is 6.07 Å². The largest absolute Gasteiger partial charge is 0.332 e. The Kier molecular flexibility index (Phi) is 4.50. The molecule has 2 N–H and O–H groups in total. The summed E-state index contributed by atoms with van der Waals surface area (Å²) < 4.78 is 14.1. The maximum atomic E-state index is 13.1. The van der Waals surface area contributed by atoms with Gasteiger partial charge in [-0.2, -0.15) is 0 Å². The second-order valence-corrected chi connectivity index (χ2v) is 5.37. The monoisotopic (exact) mass is 338 g/mol. The van der Waals surface area contributed by atoms with E-state index < -0.39 is 0 Å². The fraction of sp³-hybridized carbons (Fsp3) is 0.0714. The van der Waals surface area contributed by atoms with Crippen molar-refractivity contribution < 1.29 is 4.39 Å². The number of hydrogen-bond donors (Lipinski definition) is 2. The Bertz CT molecular complexity index is 599. The summed E-state index contributed by atoms with van der Waals surface area (Å²) in [6.07, 6.45) is 0. The molecule has 19 heavy (non-hydrogen) atoms. The van der Waals surface area contributed by atoms with Crippen LogP contribution in [0, 0.1) is 12.7 Å². The molecule has 5 heteroatoms. The molecule has 0 aliphatic carbocycles. The van der Waals surface area contributed by atoms with E-state index in [0.717, 1.165) is 15.8 Å². The quantitative estimate of drug-likeness (QED) is 0.775. The zero-order valence-corrected chi connectivity index (χ0v) is 12.6. The first-order valence-corrected chi connectivity index (χ1v) is 6.84. The van der Waals surface area contributed by atoms with Gasteiger partial charge in [-0.05, 0) is 67.2 Å². The summed E-state index contributed by atoms with van der Waals surface area (Å²) >= 11 is 8.57. The Hall–Kier alpha value is -1.46. The van der Waals surface area contributed by atoms with Gasteiger partial charge in [0.1, 0.15) is 5.82 Å². The molecule has 2 rings (SSSR count). The third kappa shape index (κ3) is 4.01. The van der Waals surface area contributed by atoms with Crippen molar-refractivity contribution in [2.75, 3.05) is 10.6 Å². The molecule has 0 spiro atoms. The summed E-state index contributed by atoms with van der Waals surface area (Å²) in [4.78, 5) is 0. The minimum atomic E-state index is -0.225. The summed E-state index contributed by atoms with van der Waals surface area (Å²) in [7, 11) is 0. The minimum absolute atomic E-state index is 0.225. The Labute approximate surface area is 125 Å². The molecule has 2 nitrogen and oxygen atoms in total. The van der Waals surface area contributed by atoms with Crippen molar-refractivity contribution in [2.45, 2.75) is 6.92 Å². The van der Waals surface area contributed by atoms with Gasteiger partial charge in [-0.1, -0.05) is 15.9 Å². The Morgan fingerprint density at radius 2 is 1.63 bits per heavy atom. The first-order valence-electron chi connectivity index (χ1n) is 5.64. The minimum Gasteiger partial charge on any atom is -0.332 e. The number of anilines is 2. The molecule has 0 aliphatic rings. The highest BCUT2D eigenvalue weighted by Crippen LogP contribution is 2.16. The predicted octanol–water partition coefficient (Wildman–Crippen LogP) is 4.71. The standard InChI is InChI=1S/C14H12BrFN2S/c1-9-8-12(6-7-13(9)16)18-14(19)17-11-4-2-10(15)3-5-11/h2-8H,1H3,(H2,17,18,19). The summed E-state index contributed by atoms with van der Waals surface area (Å²) in [5, 5.41) is 6.54. The van der Waals surface area contributed by atoms with Crippen molar-refractivity contribution in [3.63, 3.8) is 0 Å². The molecule has 0 saturated heterocycles. The molecule has 0 atom stereocenters. The van der Waals surface area contributed by atoms with Crippen LogP contribution in [0.4, 0.5) is 15.8 Å². The van der Waals surface area contributed by atoms with Crippen molar-refractivity contribution in [3.05, 3.63) is 58.3 Å². The van der Waals surface area contributed by atoms with Crippen LogP contribution in [0.15, 0.2) is 46.9 Å². The van der Waals surface area contributed by atoms with E-state index in [-0.39, 0.29) is 5.82 Å². The van der Waals surface area contributed by atoms with Gasteiger partial charge < -0.3 is 10.6 Å². The summed E-state index contributed by atoms with van der Waals surface area (Å²) in [5.74, 6) is -0.225. The van der Waals surface area contributed by atoms with Gasteiger partial charge in [0.25, 0.3) is 0 Å². The lowest BCUT2D eigenvalue weighted by Gasteiger charge is -2.11. The number of hydrogen-bond acceptors (Lipinski definition) is 1. The molecule has 0 aliphatic heterocycles. The topological polar surface area (TPSA) is 24.1 Å². The molecule has 98 valence electrons. The van der Waals surface area contributed by atoms with Gasteiger partial charge in [0.15, 0.2) is 5.11 Å². The van der Waals surface area contributed by atoms with Crippen molar-refractivity contribution >= 4 is 44.6 Å². The zero-order chi connectivity index (χ0) is 13.8. The maximum absolute atomic E-state index is 13.1. The lowest BCUT2D eigenvalue weighted by atomic mass is 10.2. The molecule has 0 amide bonds. The van der Waals surface area contributed by atoms with E-state index in [1.807, 2.05) is 24.3 Å². The Morgan fingerprint density at radius 1 is 1.05 bits per heavy atom. The second kappa shape index (κ2) is 6.12. The molecule has 2 aromatic carbocycles. The first-order chi connectivity index (χ1) is 9.04. The van der Waals surface area contributed by atoms with Crippen LogP contribution in [0.1, 0.15) is 5.56 Å². The van der Waals surface area contributed by atoms with Crippen LogP contribution in [0.3, 0.4) is 0 Å². The highest BCUT2D eigenvalue weighted by molar-refractivity contribution is 9.10. The number of halogens is 2. The van der Waals surface area contributed by atoms with Gasteiger partial charge in [-0.25, -0.2) is 4.39 Å². The fourth-order valence-corrected chi connectivity index (χ4v) is 2.05. The smallest absolute Gasteiger partial charge is 0.175 e. The van der Waals surface area contributed by atoms with Crippen LogP contribution in [-0.4, -0.2) is 5.11 Å².